The van der Waals surface area contributed by atoms with E-state index in [0.29, 0.717) is 10.0 Å². The summed E-state index contributed by atoms with van der Waals surface area (Å²) in [6.45, 7) is 0. The first kappa shape index (κ1) is 16.1. The fourth-order valence-corrected chi connectivity index (χ4v) is 2.96. The number of rotatable bonds is 5. The number of nitrogens with zero attached hydrogens (tertiary/aromatic N) is 4. The predicted molar refractivity (Wildman–Crippen MR) is 95.5 cm³/mol. The average Bonchev–Trinajstić information content (AvgIpc) is 3.02. The number of halogens is 2. The molecule has 7 heteroatoms. The zero-order chi connectivity index (χ0) is 16.1. The van der Waals surface area contributed by atoms with Crippen molar-refractivity contribution in [3.63, 3.8) is 0 Å². The summed E-state index contributed by atoms with van der Waals surface area (Å²) in [5, 5.41) is 14.1. The van der Waals surface area contributed by atoms with Gasteiger partial charge in [-0.15, -0.1) is 10.2 Å². The van der Waals surface area contributed by atoms with Crippen LogP contribution in [-0.4, -0.2) is 21.1 Å². The monoisotopic (exact) mass is 362 g/mol. The molecule has 3 rings (SSSR count). The van der Waals surface area contributed by atoms with Gasteiger partial charge in [-0.05, 0) is 23.3 Å². The third-order valence-electron chi connectivity index (χ3n) is 2.99. The maximum Gasteiger partial charge on any atom is 0.212 e. The first-order valence-electron chi connectivity index (χ1n) is 6.78. The van der Waals surface area contributed by atoms with Crippen LogP contribution < -0.4 is 0 Å². The van der Waals surface area contributed by atoms with E-state index in [9.17, 15) is 0 Å². The molecule has 0 aliphatic rings. The summed E-state index contributed by atoms with van der Waals surface area (Å²) in [7, 11) is 0. The Kier molecular flexibility index (Phi) is 5.33. The zero-order valence-electron chi connectivity index (χ0n) is 11.9. The van der Waals surface area contributed by atoms with Gasteiger partial charge in [0, 0.05) is 5.75 Å². The molecule has 0 atom stereocenters. The quantitative estimate of drug-likeness (QED) is 0.485. The van der Waals surface area contributed by atoms with E-state index in [0.717, 1.165) is 16.5 Å². The summed E-state index contributed by atoms with van der Waals surface area (Å²) < 4.78 is 1.64. The Morgan fingerprint density at radius 1 is 1.09 bits per heavy atom. The molecule has 0 saturated carbocycles. The number of thioether (sulfide) groups is 1. The van der Waals surface area contributed by atoms with Gasteiger partial charge in [0.1, 0.15) is 6.33 Å². The number of benzene rings is 2. The fraction of sp³-hybridized carbons (Fsp3) is 0.0625. The van der Waals surface area contributed by atoms with Crippen LogP contribution in [0, 0.1) is 0 Å². The molecular weight excluding hydrogens is 351 g/mol. The topological polar surface area (TPSA) is 43.1 Å². The van der Waals surface area contributed by atoms with Gasteiger partial charge in [-0.1, -0.05) is 71.4 Å². The van der Waals surface area contributed by atoms with Crippen molar-refractivity contribution in [1.29, 1.82) is 0 Å². The van der Waals surface area contributed by atoms with Crippen LogP contribution in [0.5, 0.6) is 0 Å². The van der Waals surface area contributed by atoms with Crippen molar-refractivity contribution in [3.8, 4) is 0 Å². The number of hydrogen-bond donors (Lipinski definition) is 0. The van der Waals surface area contributed by atoms with Gasteiger partial charge in [0.15, 0.2) is 0 Å². The lowest BCUT2D eigenvalue weighted by Gasteiger charge is -2.01. The second-order valence-corrected chi connectivity index (χ2v) is 6.41. The van der Waals surface area contributed by atoms with E-state index in [4.69, 9.17) is 23.2 Å². The normalized spacial score (nSPS) is 11.2. The van der Waals surface area contributed by atoms with Crippen molar-refractivity contribution in [2.75, 3.05) is 0 Å². The molecule has 116 valence electrons. The number of hydrogen-bond acceptors (Lipinski definition) is 4. The molecule has 0 spiro atoms. The van der Waals surface area contributed by atoms with Crippen molar-refractivity contribution in [2.24, 2.45) is 5.10 Å². The van der Waals surface area contributed by atoms with Crippen LogP contribution >= 0.6 is 35.0 Å². The van der Waals surface area contributed by atoms with Gasteiger partial charge in [-0.3, -0.25) is 0 Å². The third kappa shape index (κ3) is 4.34. The molecule has 0 unspecified atom stereocenters. The van der Waals surface area contributed by atoms with Gasteiger partial charge in [-0.2, -0.15) is 9.78 Å². The Bertz CT molecular complexity index is 818. The summed E-state index contributed by atoms with van der Waals surface area (Å²) in [4.78, 5) is 0. The Morgan fingerprint density at radius 2 is 1.91 bits per heavy atom. The molecule has 0 saturated heterocycles. The minimum Gasteiger partial charge on any atom is -0.195 e. The van der Waals surface area contributed by atoms with E-state index in [1.807, 2.05) is 24.3 Å². The molecule has 3 aromatic rings. The van der Waals surface area contributed by atoms with E-state index in [1.54, 1.807) is 41.1 Å². The standard InChI is InChI=1S/C16H12Cl2N4S/c17-14-7-6-13(8-15(14)18)9-20-22-11-19-21-16(22)23-10-12-4-2-1-3-5-12/h1-9,11H,10H2/b20-9+. The number of aromatic nitrogens is 3. The summed E-state index contributed by atoms with van der Waals surface area (Å²) in [6.07, 6.45) is 3.26. The molecular formula is C16H12Cl2N4S. The maximum absolute atomic E-state index is 5.99. The van der Waals surface area contributed by atoms with Crippen molar-refractivity contribution < 1.29 is 0 Å². The van der Waals surface area contributed by atoms with Crippen LogP contribution in [0.3, 0.4) is 0 Å². The highest BCUT2D eigenvalue weighted by atomic mass is 35.5. The van der Waals surface area contributed by atoms with E-state index in [2.05, 4.69) is 27.4 Å². The van der Waals surface area contributed by atoms with E-state index < -0.39 is 0 Å². The summed E-state index contributed by atoms with van der Waals surface area (Å²) in [5.41, 5.74) is 2.08. The lowest BCUT2D eigenvalue weighted by Crippen LogP contribution is -1.93. The lowest BCUT2D eigenvalue weighted by atomic mass is 10.2. The summed E-state index contributed by atoms with van der Waals surface area (Å²) >= 11 is 13.5. The van der Waals surface area contributed by atoms with Crippen LogP contribution in [0.2, 0.25) is 10.0 Å². The Labute approximate surface area is 148 Å². The predicted octanol–water partition coefficient (Wildman–Crippen LogP) is 4.76. The third-order valence-corrected chi connectivity index (χ3v) is 4.73. The molecule has 0 aliphatic heterocycles. The highest BCUT2D eigenvalue weighted by Gasteiger charge is 2.04. The van der Waals surface area contributed by atoms with Crippen LogP contribution in [0.1, 0.15) is 11.1 Å². The fourth-order valence-electron chi connectivity index (χ4n) is 1.84. The van der Waals surface area contributed by atoms with Gasteiger partial charge in [-0.25, -0.2) is 0 Å². The van der Waals surface area contributed by atoms with Gasteiger partial charge in [0.25, 0.3) is 0 Å². The van der Waals surface area contributed by atoms with Gasteiger partial charge < -0.3 is 0 Å². The Hall–Kier alpha value is -1.82. The first-order valence-corrected chi connectivity index (χ1v) is 8.53. The summed E-state index contributed by atoms with van der Waals surface area (Å²) in [5.74, 6) is 0.807. The van der Waals surface area contributed by atoms with Gasteiger partial charge in [0.05, 0.1) is 16.3 Å². The second-order valence-electron chi connectivity index (χ2n) is 4.65. The molecule has 0 aliphatic carbocycles. The van der Waals surface area contributed by atoms with E-state index >= 15 is 0 Å². The van der Waals surface area contributed by atoms with Crippen molar-refractivity contribution in [2.45, 2.75) is 10.9 Å². The molecule has 0 amide bonds. The Balaban J connectivity index is 1.70. The van der Waals surface area contributed by atoms with E-state index in [-0.39, 0.29) is 0 Å². The van der Waals surface area contributed by atoms with Crippen molar-refractivity contribution >= 4 is 41.2 Å². The van der Waals surface area contributed by atoms with Crippen LogP contribution in [0.4, 0.5) is 0 Å². The molecule has 0 radical (unpaired) electrons. The molecule has 2 aromatic carbocycles. The second kappa shape index (κ2) is 7.64. The molecule has 23 heavy (non-hydrogen) atoms. The molecule has 4 nitrogen and oxygen atoms in total. The average molecular weight is 363 g/mol. The molecule has 1 heterocycles. The minimum absolute atomic E-state index is 0.498. The van der Waals surface area contributed by atoms with Gasteiger partial charge in [0.2, 0.25) is 5.16 Å². The smallest absolute Gasteiger partial charge is 0.195 e. The zero-order valence-corrected chi connectivity index (χ0v) is 14.3. The largest absolute Gasteiger partial charge is 0.212 e. The van der Waals surface area contributed by atoms with Gasteiger partial charge >= 0.3 is 0 Å². The van der Waals surface area contributed by atoms with Crippen LogP contribution in [-0.2, 0) is 5.75 Å². The maximum atomic E-state index is 5.99. The highest BCUT2D eigenvalue weighted by molar-refractivity contribution is 7.98. The van der Waals surface area contributed by atoms with Crippen molar-refractivity contribution in [1.82, 2.24) is 14.9 Å². The minimum atomic E-state index is 0.498. The van der Waals surface area contributed by atoms with Crippen molar-refractivity contribution in [3.05, 3.63) is 76.0 Å². The molecule has 0 fully saturated rings. The first-order chi connectivity index (χ1) is 11.2. The van der Waals surface area contributed by atoms with E-state index in [1.165, 1.54) is 5.56 Å². The van der Waals surface area contributed by atoms with Crippen LogP contribution in [0.15, 0.2) is 65.1 Å². The highest BCUT2D eigenvalue weighted by Crippen LogP contribution is 2.22. The molecule has 1 aromatic heterocycles. The lowest BCUT2D eigenvalue weighted by molar-refractivity contribution is 0.767. The summed E-state index contributed by atoms with van der Waals surface area (Å²) in [6, 6.07) is 15.5. The molecule has 0 N–H and O–H groups in total. The Morgan fingerprint density at radius 3 is 2.70 bits per heavy atom. The molecule has 0 bridgehead atoms. The van der Waals surface area contributed by atoms with Crippen LogP contribution in [0.25, 0.3) is 0 Å². The SMILES string of the molecule is Clc1ccc(/C=N/n2cnnc2SCc2ccccc2)cc1Cl.